The SMILES string of the molecule is COc1ccc(C(NC(=O)Cc2cccnc2)C(F)(F)F)cc1. The fourth-order valence-electron chi connectivity index (χ4n) is 2.05. The van der Waals surface area contributed by atoms with Crippen molar-refractivity contribution in [3.05, 3.63) is 59.9 Å². The van der Waals surface area contributed by atoms with Crippen molar-refractivity contribution in [2.24, 2.45) is 0 Å². The van der Waals surface area contributed by atoms with Crippen LogP contribution in [0.2, 0.25) is 0 Å². The van der Waals surface area contributed by atoms with E-state index in [4.69, 9.17) is 4.74 Å². The Morgan fingerprint density at radius 1 is 1.26 bits per heavy atom. The topological polar surface area (TPSA) is 51.2 Å². The number of carbonyl (C=O) groups is 1. The minimum Gasteiger partial charge on any atom is -0.497 e. The summed E-state index contributed by atoms with van der Waals surface area (Å²) in [5.74, 6) is -0.285. The van der Waals surface area contributed by atoms with Gasteiger partial charge in [-0.1, -0.05) is 18.2 Å². The molecule has 0 aliphatic carbocycles. The molecule has 0 saturated carbocycles. The molecule has 0 aliphatic rings. The summed E-state index contributed by atoms with van der Waals surface area (Å²) in [5.41, 5.74) is 0.485. The summed E-state index contributed by atoms with van der Waals surface area (Å²) in [5, 5.41) is 2.03. The second-order valence-corrected chi connectivity index (χ2v) is 4.85. The van der Waals surface area contributed by atoms with Gasteiger partial charge in [0.1, 0.15) is 5.75 Å². The summed E-state index contributed by atoms with van der Waals surface area (Å²) in [6, 6.07) is 6.57. The van der Waals surface area contributed by atoms with Crippen LogP contribution < -0.4 is 10.1 Å². The lowest BCUT2D eigenvalue weighted by molar-refractivity contribution is -0.163. The first kappa shape index (κ1) is 16.8. The van der Waals surface area contributed by atoms with Crippen LogP contribution in [-0.2, 0) is 11.2 Å². The van der Waals surface area contributed by atoms with Gasteiger partial charge in [0.15, 0.2) is 6.04 Å². The van der Waals surface area contributed by atoms with Gasteiger partial charge >= 0.3 is 6.18 Å². The summed E-state index contributed by atoms with van der Waals surface area (Å²) >= 11 is 0. The number of hydrogen-bond acceptors (Lipinski definition) is 3. The maximum Gasteiger partial charge on any atom is 0.412 e. The number of hydrogen-bond donors (Lipinski definition) is 1. The van der Waals surface area contributed by atoms with Crippen molar-refractivity contribution in [2.75, 3.05) is 7.11 Å². The molecule has 1 aromatic heterocycles. The molecule has 1 unspecified atom stereocenters. The number of amides is 1. The fraction of sp³-hybridized carbons (Fsp3) is 0.250. The van der Waals surface area contributed by atoms with Crippen LogP contribution in [0.1, 0.15) is 17.2 Å². The van der Waals surface area contributed by atoms with Crippen LogP contribution in [0, 0.1) is 0 Å². The zero-order valence-electron chi connectivity index (χ0n) is 12.3. The third-order valence-electron chi connectivity index (χ3n) is 3.17. The number of benzene rings is 1. The summed E-state index contributed by atoms with van der Waals surface area (Å²) in [6.45, 7) is 0. The molecule has 0 spiro atoms. The van der Waals surface area contributed by atoms with E-state index in [2.05, 4.69) is 4.98 Å². The highest BCUT2D eigenvalue weighted by Crippen LogP contribution is 2.33. The van der Waals surface area contributed by atoms with E-state index in [1.807, 2.05) is 5.32 Å². The third-order valence-corrected chi connectivity index (χ3v) is 3.17. The molecule has 0 saturated heterocycles. The first-order chi connectivity index (χ1) is 10.9. The second-order valence-electron chi connectivity index (χ2n) is 4.85. The molecule has 7 heteroatoms. The van der Waals surface area contributed by atoms with Crippen LogP contribution in [-0.4, -0.2) is 24.2 Å². The number of halogens is 3. The van der Waals surface area contributed by atoms with Gasteiger partial charge in [-0.2, -0.15) is 13.2 Å². The Morgan fingerprint density at radius 3 is 2.48 bits per heavy atom. The highest BCUT2D eigenvalue weighted by molar-refractivity contribution is 5.79. The Bertz CT molecular complexity index is 643. The third kappa shape index (κ3) is 4.70. The zero-order chi connectivity index (χ0) is 16.9. The fourth-order valence-corrected chi connectivity index (χ4v) is 2.05. The van der Waals surface area contributed by atoms with Crippen LogP contribution >= 0.6 is 0 Å². The van der Waals surface area contributed by atoms with Gasteiger partial charge in [0.2, 0.25) is 5.91 Å². The lowest BCUT2D eigenvalue weighted by Gasteiger charge is -2.22. The van der Waals surface area contributed by atoms with Gasteiger partial charge < -0.3 is 10.1 Å². The zero-order valence-corrected chi connectivity index (χ0v) is 12.3. The van der Waals surface area contributed by atoms with Gasteiger partial charge in [-0.3, -0.25) is 9.78 Å². The Hall–Kier alpha value is -2.57. The number of aromatic nitrogens is 1. The normalized spacial score (nSPS) is 12.5. The van der Waals surface area contributed by atoms with E-state index < -0.39 is 18.1 Å². The van der Waals surface area contributed by atoms with Crippen LogP contribution in [0.5, 0.6) is 5.75 Å². The van der Waals surface area contributed by atoms with Gasteiger partial charge in [0, 0.05) is 12.4 Å². The molecular weight excluding hydrogens is 309 g/mol. The lowest BCUT2D eigenvalue weighted by atomic mass is 10.1. The Labute approximate surface area is 131 Å². The van der Waals surface area contributed by atoms with Crippen molar-refractivity contribution in [2.45, 2.75) is 18.6 Å². The number of alkyl halides is 3. The van der Waals surface area contributed by atoms with E-state index in [0.29, 0.717) is 11.3 Å². The largest absolute Gasteiger partial charge is 0.497 e. The molecule has 1 atom stereocenters. The molecule has 23 heavy (non-hydrogen) atoms. The number of ether oxygens (including phenoxy) is 1. The first-order valence-corrected chi connectivity index (χ1v) is 6.79. The van der Waals surface area contributed by atoms with Crippen molar-refractivity contribution >= 4 is 5.91 Å². The number of rotatable bonds is 5. The first-order valence-electron chi connectivity index (χ1n) is 6.79. The van der Waals surface area contributed by atoms with E-state index in [9.17, 15) is 18.0 Å². The van der Waals surface area contributed by atoms with Gasteiger partial charge in [0.25, 0.3) is 0 Å². The van der Waals surface area contributed by atoms with Crippen molar-refractivity contribution in [3.63, 3.8) is 0 Å². The molecule has 2 rings (SSSR count). The standard InChI is InChI=1S/C16H15F3N2O2/c1-23-13-6-4-12(5-7-13)15(16(17,18)19)21-14(22)9-11-3-2-8-20-10-11/h2-8,10,15H,9H2,1H3,(H,21,22). The van der Waals surface area contributed by atoms with E-state index in [0.717, 1.165) is 0 Å². The van der Waals surface area contributed by atoms with E-state index >= 15 is 0 Å². The van der Waals surface area contributed by atoms with Crippen molar-refractivity contribution in [1.29, 1.82) is 0 Å². The molecule has 1 aromatic carbocycles. The Morgan fingerprint density at radius 2 is 1.96 bits per heavy atom. The monoisotopic (exact) mass is 324 g/mol. The highest BCUT2D eigenvalue weighted by Gasteiger charge is 2.41. The van der Waals surface area contributed by atoms with Crippen molar-refractivity contribution in [3.8, 4) is 5.75 Å². The minimum atomic E-state index is -4.60. The maximum atomic E-state index is 13.2. The molecule has 1 amide bonds. The highest BCUT2D eigenvalue weighted by atomic mass is 19.4. The lowest BCUT2D eigenvalue weighted by Crippen LogP contribution is -2.38. The summed E-state index contributed by atoms with van der Waals surface area (Å²) in [7, 11) is 1.42. The van der Waals surface area contributed by atoms with Crippen LogP contribution in [0.3, 0.4) is 0 Å². The Balaban J connectivity index is 2.14. The molecule has 0 aliphatic heterocycles. The van der Waals surface area contributed by atoms with Gasteiger partial charge in [0.05, 0.1) is 13.5 Å². The van der Waals surface area contributed by atoms with Crippen molar-refractivity contribution < 1.29 is 22.7 Å². The molecule has 0 radical (unpaired) electrons. The number of nitrogens with zero attached hydrogens (tertiary/aromatic N) is 1. The molecular formula is C16H15F3N2O2. The molecule has 122 valence electrons. The quantitative estimate of drug-likeness (QED) is 0.920. The van der Waals surface area contributed by atoms with Crippen molar-refractivity contribution in [1.82, 2.24) is 10.3 Å². The maximum absolute atomic E-state index is 13.2. The molecule has 0 fully saturated rings. The predicted octanol–water partition coefficient (Wildman–Crippen LogP) is 3.05. The summed E-state index contributed by atoms with van der Waals surface area (Å²) < 4.78 is 44.6. The van der Waals surface area contributed by atoms with Gasteiger partial charge in [-0.25, -0.2) is 0 Å². The molecule has 4 nitrogen and oxygen atoms in total. The molecule has 1 N–H and O–H groups in total. The summed E-state index contributed by atoms with van der Waals surface area (Å²) in [6.07, 6.45) is -1.80. The van der Waals surface area contributed by atoms with Gasteiger partial charge in [-0.05, 0) is 29.3 Å². The number of pyridine rings is 1. The Kier molecular flexibility index (Phi) is 5.20. The average Bonchev–Trinajstić information content (AvgIpc) is 2.53. The number of carbonyl (C=O) groups excluding carboxylic acids is 1. The van der Waals surface area contributed by atoms with Gasteiger partial charge in [-0.15, -0.1) is 0 Å². The van der Waals surface area contributed by atoms with E-state index in [-0.39, 0.29) is 12.0 Å². The summed E-state index contributed by atoms with van der Waals surface area (Å²) in [4.78, 5) is 15.7. The predicted molar refractivity (Wildman–Crippen MR) is 77.9 cm³/mol. The average molecular weight is 324 g/mol. The molecule has 2 aromatic rings. The van der Waals surface area contributed by atoms with Crippen LogP contribution in [0.4, 0.5) is 13.2 Å². The van der Waals surface area contributed by atoms with Crippen LogP contribution in [0.15, 0.2) is 48.8 Å². The van der Waals surface area contributed by atoms with E-state index in [1.54, 1.807) is 12.1 Å². The smallest absolute Gasteiger partial charge is 0.412 e. The molecule has 1 heterocycles. The second kappa shape index (κ2) is 7.13. The number of methoxy groups -OCH3 is 1. The molecule has 0 bridgehead atoms. The number of nitrogens with one attached hydrogen (secondary N) is 1. The van der Waals surface area contributed by atoms with Crippen LogP contribution in [0.25, 0.3) is 0 Å². The van der Waals surface area contributed by atoms with E-state index in [1.165, 1.54) is 43.8 Å². The minimum absolute atomic E-state index is 0.0576.